The van der Waals surface area contributed by atoms with E-state index in [2.05, 4.69) is 32.4 Å². The molecule has 0 aliphatic carbocycles. The first kappa shape index (κ1) is 17.3. The molecule has 2 aromatic heterocycles. The summed E-state index contributed by atoms with van der Waals surface area (Å²) in [4.78, 5) is 22.0. The number of benzene rings is 1. The molecule has 1 aromatic carbocycles. The SMILES string of the molecule is CCCCc1nc(C)c(C(=O)Nc2ccc(-c3n[nH]c(C)n3)cc2)s1. The number of H-pyrrole nitrogens is 1. The van der Waals surface area contributed by atoms with Gasteiger partial charge in [0.2, 0.25) is 0 Å². The van der Waals surface area contributed by atoms with Gasteiger partial charge in [-0.05, 0) is 51.0 Å². The number of hydrogen-bond donors (Lipinski definition) is 2. The molecule has 0 aliphatic heterocycles. The molecule has 3 rings (SSSR count). The van der Waals surface area contributed by atoms with E-state index < -0.39 is 0 Å². The van der Waals surface area contributed by atoms with E-state index in [1.807, 2.05) is 38.1 Å². The second kappa shape index (κ2) is 7.57. The highest BCUT2D eigenvalue weighted by Crippen LogP contribution is 2.22. The van der Waals surface area contributed by atoms with Crippen molar-refractivity contribution in [1.29, 1.82) is 0 Å². The average Bonchev–Trinajstić information content (AvgIpc) is 3.19. The number of aromatic amines is 1. The fraction of sp³-hybridized carbons (Fsp3) is 0.333. The van der Waals surface area contributed by atoms with Gasteiger partial charge in [-0.1, -0.05) is 13.3 Å². The van der Waals surface area contributed by atoms with Gasteiger partial charge >= 0.3 is 0 Å². The first-order valence-electron chi connectivity index (χ1n) is 8.34. The van der Waals surface area contributed by atoms with Crippen molar-refractivity contribution in [3.8, 4) is 11.4 Å². The highest BCUT2D eigenvalue weighted by Gasteiger charge is 2.15. The summed E-state index contributed by atoms with van der Waals surface area (Å²) in [7, 11) is 0. The topological polar surface area (TPSA) is 83.6 Å². The molecule has 3 aromatic rings. The predicted octanol–water partition coefficient (Wildman–Crippen LogP) is 4.14. The van der Waals surface area contributed by atoms with Crippen LogP contribution in [-0.2, 0) is 6.42 Å². The summed E-state index contributed by atoms with van der Waals surface area (Å²) in [6, 6.07) is 7.50. The number of hydrogen-bond acceptors (Lipinski definition) is 5. The van der Waals surface area contributed by atoms with Gasteiger partial charge < -0.3 is 5.32 Å². The van der Waals surface area contributed by atoms with Gasteiger partial charge in [-0.25, -0.2) is 9.97 Å². The molecule has 0 saturated heterocycles. The molecule has 1 amide bonds. The molecule has 0 fully saturated rings. The van der Waals surface area contributed by atoms with Crippen LogP contribution in [0.2, 0.25) is 0 Å². The quantitative estimate of drug-likeness (QED) is 0.696. The van der Waals surface area contributed by atoms with Crippen LogP contribution < -0.4 is 5.32 Å². The number of thiazole rings is 1. The summed E-state index contributed by atoms with van der Waals surface area (Å²) >= 11 is 1.48. The standard InChI is InChI=1S/C18H21N5OS/c1-4-5-6-15-19-11(2)16(25-15)18(24)21-14-9-7-13(8-10-14)17-20-12(3)22-23-17/h7-10H,4-6H2,1-3H3,(H,21,24)(H,20,22,23). The molecule has 2 N–H and O–H groups in total. The van der Waals surface area contributed by atoms with E-state index in [-0.39, 0.29) is 5.91 Å². The smallest absolute Gasteiger partial charge is 0.267 e. The Morgan fingerprint density at radius 2 is 1.96 bits per heavy atom. The van der Waals surface area contributed by atoms with Crippen molar-refractivity contribution in [2.75, 3.05) is 5.32 Å². The zero-order chi connectivity index (χ0) is 17.8. The van der Waals surface area contributed by atoms with E-state index in [1.54, 1.807) is 0 Å². The van der Waals surface area contributed by atoms with Crippen LogP contribution in [0.1, 0.15) is 46.0 Å². The normalized spacial score (nSPS) is 10.8. The third kappa shape index (κ3) is 4.11. The molecule has 2 heterocycles. The van der Waals surface area contributed by atoms with Gasteiger partial charge in [-0.2, -0.15) is 5.10 Å². The number of unbranched alkanes of at least 4 members (excludes halogenated alkanes) is 1. The lowest BCUT2D eigenvalue weighted by Gasteiger charge is -2.04. The Morgan fingerprint density at radius 3 is 2.60 bits per heavy atom. The number of nitrogens with one attached hydrogen (secondary N) is 2. The molecular weight excluding hydrogens is 334 g/mol. The number of anilines is 1. The lowest BCUT2D eigenvalue weighted by atomic mass is 10.2. The van der Waals surface area contributed by atoms with Crippen LogP contribution in [0.3, 0.4) is 0 Å². The molecule has 0 atom stereocenters. The van der Waals surface area contributed by atoms with Crippen molar-refractivity contribution in [3.05, 3.63) is 45.7 Å². The van der Waals surface area contributed by atoms with Gasteiger partial charge in [0.15, 0.2) is 5.82 Å². The van der Waals surface area contributed by atoms with Crippen LogP contribution in [0.4, 0.5) is 5.69 Å². The summed E-state index contributed by atoms with van der Waals surface area (Å²) in [6.07, 6.45) is 3.15. The van der Waals surface area contributed by atoms with E-state index in [4.69, 9.17) is 0 Å². The zero-order valence-corrected chi connectivity index (χ0v) is 15.4. The monoisotopic (exact) mass is 355 g/mol. The number of rotatable bonds is 6. The molecular formula is C18H21N5OS. The van der Waals surface area contributed by atoms with Crippen LogP contribution >= 0.6 is 11.3 Å². The van der Waals surface area contributed by atoms with E-state index >= 15 is 0 Å². The van der Waals surface area contributed by atoms with Gasteiger partial charge in [0.1, 0.15) is 10.7 Å². The highest BCUT2D eigenvalue weighted by molar-refractivity contribution is 7.13. The van der Waals surface area contributed by atoms with Crippen molar-refractivity contribution < 1.29 is 4.79 Å². The second-order valence-electron chi connectivity index (χ2n) is 5.90. The van der Waals surface area contributed by atoms with Crippen LogP contribution in [0.15, 0.2) is 24.3 Å². The van der Waals surface area contributed by atoms with Crippen molar-refractivity contribution >= 4 is 22.9 Å². The average molecular weight is 355 g/mol. The maximum absolute atomic E-state index is 12.5. The van der Waals surface area contributed by atoms with Crippen molar-refractivity contribution in [3.63, 3.8) is 0 Å². The number of aromatic nitrogens is 4. The summed E-state index contributed by atoms with van der Waals surface area (Å²) in [5.74, 6) is 1.31. The molecule has 130 valence electrons. The minimum absolute atomic E-state index is 0.112. The molecule has 25 heavy (non-hydrogen) atoms. The van der Waals surface area contributed by atoms with Gasteiger partial charge in [0, 0.05) is 11.3 Å². The van der Waals surface area contributed by atoms with Gasteiger partial charge in [-0.15, -0.1) is 11.3 Å². The lowest BCUT2D eigenvalue weighted by molar-refractivity contribution is 0.103. The minimum atomic E-state index is -0.112. The molecule has 6 nitrogen and oxygen atoms in total. The Hall–Kier alpha value is -2.54. The maximum Gasteiger partial charge on any atom is 0.267 e. The number of aryl methyl sites for hydroxylation is 3. The molecule has 0 spiro atoms. The number of amides is 1. The molecule has 0 unspecified atom stereocenters. The number of carbonyl (C=O) groups excluding carboxylic acids is 1. The first-order chi connectivity index (χ1) is 12.1. The van der Waals surface area contributed by atoms with Crippen LogP contribution in [0.25, 0.3) is 11.4 Å². The Labute approximate surface area is 150 Å². The van der Waals surface area contributed by atoms with Crippen molar-refractivity contribution in [1.82, 2.24) is 20.2 Å². The maximum atomic E-state index is 12.5. The van der Waals surface area contributed by atoms with Gasteiger partial charge in [0.05, 0.1) is 10.7 Å². The molecule has 0 radical (unpaired) electrons. The summed E-state index contributed by atoms with van der Waals surface area (Å²) in [5, 5.41) is 10.9. The largest absolute Gasteiger partial charge is 0.321 e. The molecule has 0 bridgehead atoms. The fourth-order valence-corrected chi connectivity index (χ4v) is 3.46. The van der Waals surface area contributed by atoms with Crippen LogP contribution in [-0.4, -0.2) is 26.1 Å². The first-order valence-corrected chi connectivity index (χ1v) is 9.15. The fourth-order valence-electron chi connectivity index (χ4n) is 2.46. The van der Waals surface area contributed by atoms with Gasteiger partial charge in [-0.3, -0.25) is 9.89 Å². The van der Waals surface area contributed by atoms with E-state index in [0.29, 0.717) is 10.7 Å². The Kier molecular flexibility index (Phi) is 5.23. The third-order valence-electron chi connectivity index (χ3n) is 3.79. The van der Waals surface area contributed by atoms with E-state index in [0.717, 1.165) is 47.0 Å². The van der Waals surface area contributed by atoms with E-state index in [9.17, 15) is 4.79 Å². The molecule has 0 saturated carbocycles. The van der Waals surface area contributed by atoms with Gasteiger partial charge in [0.25, 0.3) is 5.91 Å². The minimum Gasteiger partial charge on any atom is -0.321 e. The Bertz CT molecular complexity index is 866. The third-order valence-corrected chi connectivity index (χ3v) is 5.01. The van der Waals surface area contributed by atoms with Crippen LogP contribution in [0.5, 0.6) is 0 Å². The second-order valence-corrected chi connectivity index (χ2v) is 6.99. The Balaban J connectivity index is 1.69. The van der Waals surface area contributed by atoms with E-state index in [1.165, 1.54) is 11.3 Å². The summed E-state index contributed by atoms with van der Waals surface area (Å²) in [6.45, 7) is 5.89. The number of nitrogens with zero attached hydrogens (tertiary/aromatic N) is 3. The summed E-state index contributed by atoms with van der Waals surface area (Å²) < 4.78 is 0. The lowest BCUT2D eigenvalue weighted by Crippen LogP contribution is -2.11. The van der Waals surface area contributed by atoms with Crippen LogP contribution in [0, 0.1) is 13.8 Å². The predicted molar refractivity (Wildman–Crippen MR) is 100.0 cm³/mol. The van der Waals surface area contributed by atoms with Crippen molar-refractivity contribution in [2.24, 2.45) is 0 Å². The number of carbonyl (C=O) groups is 1. The van der Waals surface area contributed by atoms with Crippen molar-refractivity contribution in [2.45, 2.75) is 40.0 Å². The Morgan fingerprint density at radius 1 is 1.20 bits per heavy atom. The molecule has 7 heteroatoms. The zero-order valence-electron chi connectivity index (χ0n) is 14.6. The molecule has 0 aliphatic rings. The summed E-state index contributed by atoms with van der Waals surface area (Å²) in [5.41, 5.74) is 2.43. The highest BCUT2D eigenvalue weighted by atomic mass is 32.1.